The van der Waals surface area contributed by atoms with Gasteiger partial charge in [0, 0.05) is 18.6 Å². The minimum absolute atomic E-state index is 0.426. The molecular formula is C15H28N2O3. The molecular weight excluding hydrogens is 256 g/mol. The summed E-state index contributed by atoms with van der Waals surface area (Å²) in [5.74, 6) is -0.718. The van der Waals surface area contributed by atoms with Crippen LogP contribution in [0.3, 0.4) is 0 Å². The Morgan fingerprint density at radius 2 is 2.20 bits per heavy atom. The third kappa shape index (κ3) is 4.43. The van der Waals surface area contributed by atoms with Crippen LogP contribution in [0.15, 0.2) is 0 Å². The molecule has 0 aromatic rings. The Kier molecular flexibility index (Phi) is 5.41. The number of carbonyl (C=O) groups is 1. The quantitative estimate of drug-likeness (QED) is 0.661. The van der Waals surface area contributed by atoms with Crippen LogP contribution < -0.4 is 5.32 Å². The third-order valence-corrected chi connectivity index (χ3v) is 4.45. The molecule has 0 aromatic heterocycles. The molecule has 0 aromatic carbocycles. The van der Waals surface area contributed by atoms with E-state index in [0.29, 0.717) is 18.5 Å². The van der Waals surface area contributed by atoms with Crippen molar-refractivity contribution in [1.82, 2.24) is 10.2 Å². The van der Waals surface area contributed by atoms with E-state index < -0.39 is 11.5 Å². The predicted molar refractivity (Wildman–Crippen MR) is 77.9 cm³/mol. The van der Waals surface area contributed by atoms with Gasteiger partial charge in [-0.05, 0) is 52.5 Å². The number of nitrogens with zero attached hydrogens (tertiary/aromatic N) is 1. The summed E-state index contributed by atoms with van der Waals surface area (Å²) < 4.78 is 5.43. The highest BCUT2D eigenvalue weighted by molar-refractivity contribution is 5.78. The van der Waals surface area contributed by atoms with Crippen LogP contribution in [0.5, 0.6) is 0 Å². The van der Waals surface area contributed by atoms with Gasteiger partial charge in [-0.1, -0.05) is 0 Å². The SMILES string of the molecule is CC1COCCN1CCCCC(C)(NC1CC1)C(=O)O. The predicted octanol–water partition coefficient (Wildman–Crippen LogP) is 1.47. The molecule has 1 saturated carbocycles. The molecule has 1 aliphatic heterocycles. The Morgan fingerprint density at radius 3 is 2.80 bits per heavy atom. The van der Waals surface area contributed by atoms with Crippen molar-refractivity contribution in [2.45, 2.75) is 63.6 Å². The number of carboxylic acids is 1. The standard InChI is InChI=1S/C15H28N2O3/c1-12-11-20-10-9-17(12)8-4-3-7-15(2,14(18)19)16-13-5-6-13/h12-13,16H,3-11H2,1-2H3,(H,18,19). The van der Waals surface area contributed by atoms with E-state index in [1.165, 1.54) is 0 Å². The summed E-state index contributed by atoms with van der Waals surface area (Å²) in [6.45, 7) is 7.69. The number of rotatable bonds is 8. The molecule has 116 valence electrons. The fraction of sp³-hybridized carbons (Fsp3) is 0.933. The molecule has 2 aliphatic rings. The molecule has 1 saturated heterocycles. The van der Waals surface area contributed by atoms with Crippen LogP contribution in [-0.4, -0.2) is 59.9 Å². The summed E-state index contributed by atoms with van der Waals surface area (Å²) in [7, 11) is 0. The first-order valence-corrected chi connectivity index (χ1v) is 7.84. The zero-order valence-electron chi connectivity index (χ0n) is 12.7. The van der Waals surface area contributed by atoms with E-state index in [-0.39, 0.29) is 0 Å². The van der Waals surface area contributed by atoms with Gasteiger partial charge in [-0.15, -0.1) is 0 Å². The van der Waals surface area contributed by atoms with Crippen molar-refractivity contribution in [3.8, 4) is 0 Å². The average molecular weight is 284 g/mol. The largest absolute Gasteiger partial charge is 0.480 e. The van der Waals surface area contributed by atoms with Gasteiger partial charge in [0.2, 0.25) is 0 Å². The van der Waals surface area contributed by atoms with Gasteiger partial charge in [-0.2, -0.15) is 0 Å². The van der Waals surface area contributed by atoms with Crippen LogP contribution >= 0.6 is 0 Å². The van der Waals surface area contributed by atoms with Gasteiger partial charge in [0.1, 0.15) is 5.54 Å². The van der Waals surface area contributed by atoms with Gasteiger partial charge >= 0.3 is 5.97 Å². The number of morpholine rings is 1. The van der Waals surface area contributed by atoms with Crippen LogP contribution in [-0.2, 0) is 9.53 Å². The highest BCUT2D eigenvalue weighted by Crippen LogP contribution is 2.25. The average Bonchev–Trinajstić information content (AvgIpc) is 3.20. The van der Waals surface area contributed by atoms with Crippen molar-refractivity contribution in [3.63, 3.8) is 0 Å². The van der Waals surface area contributed by atoms with Crippen LogP contribution in [0.1, 0.15) is 46.0 Å². The van der Waals surface area contributed by atoms with Crippen molar-refractivity contribution in [3.05, 3.63) is 0 Å². The summed E-state index contributed by atoms with van der Waals surface area (Å²) in [6, 6.07) is 0.912. The van der Waals surface area contributed by atoms with Crippen molar-refractivity contribution < 1.29 is 14.6 Å². The Hall–Kier alpha value is -0.650. The summed E-state index contributed by atoms with van der Waals surface area (Å²) in [5, 5.41) is 12.7. The number of nitrogens with one attached hydrogen (secondary N) is 1. The molecule has 2 N–H and O–H groups in total. The van der Waals surface area contributed by atoms with Crippen molar-refractivity contribution in [2.24, 2.45) is 0 Å². The minimum Gasteiger partial charge on any atom is -0.480 e. The van der Waals surface area contributed by atoms with Gasteiger partial charge in [-0.3, -0.25) is 15.0 Å². The number of ether oxygens (including phenoxy) is 1. The fourth-order valence-corrected chi connectivity index (χ4v) is 2.81. The third-order valence-electron chi connectivity index (χ3n) is 4.45. The maximum Gasteiger partial charge on any atom is 0.323 e. The zero-order chi connectivity index (χ0) is 14.6. The van der Waals surface area contributed by atoms with E-state index in [0.717, 1.165) is 52.0 Å². The Labute approximate surface area is 121 Å². The highest BCUT2D eigenvalue weighted by Gasteiger charge is 2.37. The topological polar surface area (TPSA) is 61.8 Å². The number of hydrogen-bond donors (Lipinski definition) is 2. The normalized spacial score (nSPS) is 27.2. The molecule has 0 spiro atoms. The van der Waals surface area contributed by atoms with Crippen molar-refractivity contribution in [2.75, 3.05) is 26.3 Å². The Bertz CT molecular complexity index is 333. The van der Waals surface area contributed by atoms with E-state index >= 15 is 0 Å². The second-order valence-corrected chi connectivity index (χ2v) is 6.47. The van der Waals surface area contributed by atoms with Gasteiger partial charge < -0.3 is 9.84 Å². The van der Waals surface area contributed by atoms with E-state index in [1.54, 1.807) is 0 Å². The molecule has 2 fully saturated rings. The summed E-state index contributed by atoms with van der Waals surface area (Å²) in [4.78, 5) is 13.9. The number of hydrogen-bond acceptors (Lipinski definition) is 4. The van der Waals surface area contributed by atoms with E-state index in [4.69, 9.17) is 4.74 Å². The minimum atomic E-state index is -0.752. The van der Waals surface area contributed by atoms with Crippen molar-refractivity contribution in [1.29, 1.82) is 0 Å². The zero-order valence-corrected chi connectivity index (χ0v) is 12.7. The lowest BCUT2D eigenvalue weighted by atomic mass is 9.94. The maximum absolute atomic E-state index is 11.4. The fourth-order valence-electron chi connectivity index (χ4n) is 2.81. The second-order valence-electron chi connectivity index (χ2n) is 6.47. The smallest absolute Gasteiger partial charge is 0.323 e. The second kappa shape index (κ2) is 6.87. The maximum atomic E-state index is 11.4. The summed E-state index contributed by atoms with van der Waals surface area (Å²) >= 11 is 0. The molecule has 5 heteroatoms. The number of aliphatic carboxylic acids is 1. The summed E-state index contributed by atoms with van der Waals surface area (Å²) in [5.41, 5.74) is -0.752. The number of carboxylic acid groups (broad SMARTS) is 1. The van der Waals surface area contributed by atoms with E-state index in [2.05, 4.69) is 17.1 Å². The first-order chi connectivity index (χ1) is 9.51. The first-order valence-electron chi connectivity index (χ1n) is 7.84. The molecule has 1 heterocycles. The molecule has 2 unspecified atom stereocenters. The Balaban J connectivity index is 1.68. The van der Waals surface area contributed by atoms with Crippen LogP contribution in [0, 0.1) is 0 Å². The van der Waals surface area contributed by atoms with Gasteiger partial charge in [0.25, 0.3) is 0 Å². The van der Waals surface area contributed by atoms with E-state index in [9.17, 15) is 9.90 Å². The molecule has 0 bridgehead atoms. The molecule has 20 heavy (non-hydrogen) atoms. The molecule has 1 aliphatic carbocycles. The van der Waals surface area contributed by atoms with Crippen LogP contribution in [0.2, 0.25) is 0 Å². The van der Waals surface area contributed by atoms with Crippen LogP contribution in [0.25, 0.3) is 0 Å². The Morgan fingerprint density at radius 1 is 1.45 bits per heavy atom. The highest BCUT2D eigenvalue weighted by atomic mass is 16.5. The number of unbranched alkanes of at least 4 members (excludes halogenated alkanes) is 1. The molecule has 0 amide bonds. The van der Waals surface area contributed by atoms with Gasteiger partial charge in [0.05, 0.1) is 13.2 Å². The van der Waals surface area contributed by atoms with Gasteiger partial charge in [0.15, 0.2) is 0 Å². The monoisotopic (exact) mass is 284 g/mol. The lowest BCUT2D eigenvalue weighted by Crippen LogP contribution is -2.50. The molecule has 5 nitrogen and oxygen atoms in total. The van der Waals surface area contributed by atoms with Gasteiger partial charge in [-0.25, -0.2) is 0 Å². The lowest BCUT2D eigenvalue weighted by molar-refractivity contribution is -0.144. The lowest BCUT2D eigenvalue weighted by Gasteiger charge is -2.33. The first kappa shape index (κ1) is 15.7. The van der Waals surface area contributed by atoms with Crippen LogP contribution in [0.4, 0.5) is 0 Å². The summed E-state index contributed by atoms with van der Waals surface area (Å²) in [6.07, 6.45) is 4.95. The van der Waals surface area contributed by atoms with E-state index in [1.807, 2.05) is 6.92 Å². The molecule has 0 radical (unpaired) electrons. The van der Waals surface area contributed by atoms with Crippen molar-refractivity contribution >= 4 is 5.97 Å². The molecule has 2 rings (SSSR count). The molecule has 2 atom stereocenters.